The highest BCUT2D eigenvalue weighted by molar-refractivity contribution is 6.02. The van der Waals surface area contributed by atoms with Gasteiger partial charge in [0.1, 0.15) is 0 Å². The van der Waals surface area contributed by atoms with Crippen LogP contribution in [-0.4, -0.2) is 37.5 Å². The predicted molar refractivity (Wildman–Crippen MR) is 86.2 cm³/mol. The number of esters is 1. The number of hydrogen-bond donors (Lipinski definition) is 1. The summed E-state index contributed by atoms with van der Waals surface area (Å²) in [6, 6.07) is 6.82. The summed E-state index contributed by atoms with van der Waals surface area (Å²) in [5.74, 6) is -0.487. The first kappa shape index (κ1) is 17.0. The van der Waals surface area contributed by atoms with E-state index >= 15 is 0 Å². The molecule has 0 spiro atoms. The molecule has 0 radical (unpaired) electrons. The van der Waals surface area contributed by atoms with Crippen molar-refractivity contribution in [3.05, 3.63) is 29.8 Å². The predicted octanol–water partition coefficient (Wildman–Crippen LogP) is 1.74. The van der Waals surface area contributed by atoms with Gasteiger partial charge in [0.25, 0.3) is 0 Å². The molecule has 0 bridgehead atoms. The molecule has 1 aliphatic rings. The number of nitrogens with zero attached hydrogens (tertiary/aromatic N) is 1. The Morgan fingerprint density at radius 1 is 1.26 bits per heavy atom. The molecule has 1 N–H and O–H groups in total. The minimum Gasteiger partial charge on any atom is -0.462 e. The number of hydrogen-bond acceptors (Lipinski definition) is 4. The fraction of sp³-hybridized carbons (Fsp3) is 0.471. The number of benzene rings is 1. The van der Waals surface area contributed by atoms with Gasteiger partial charge in [0, 0.05) is 25.9 Å². The van der Waals surface area contributed by atoms with Crippen LogP contribution in [0.5, 0.6) is 0 Å². The van der Waals surface area contributed by atoms with Crippen LogP contribution in [0.2, 0.25) is 0 Å². The van der Waals surface area contributed by atoms with Crippen LogP contribution < -0.4 is 10.2 Å². The smallest absolute Gasteiger partial charge is 0.340 e. The van der Waals surface area contributed by atoms with Gasteiger partial charge in [-0.3, -0.25) is 9.59 Å². The van der Waals surface area contributed by atoms with E-state index in [4.69, 9.17) is 4.74 Å². The van der Waals surface area contributed by atoms with Gasteiger partial charge in [0.15, 0.2) is 0 Å². The number of amides is 2. The number of nitrogens with one attached hydrogen (secondary N) is 1. The van der Waals surface area contributed by atoms with Crippen molar-refractivity contribution in [1.82, 2.24) is 5.32 Å². The lowest BCUT2D eigenvalue weighted by molar-refractivity contribution is -0.122. The summed E-state index contributed by atoms with van der Waals surface area (Å²) in [4.78, 5) is 37.2. The molecule has 23 heavy (non-hydrogen) atoms. The highest BCUT2D eigenvalue weighted by Crippen LogP contribution is 2.28. The summed E-state index contributed by atoms with van der Waals surface area (Å²) in [7, 11) is 0. The maximum Gasteiger partial charge on any atom is 0.340 e. The van der Waals surface area contributed by atoms with E-state index in [0.29, 0.717) is 24.3 Å². The van der Waals surface area contributed by atoms with Gasteiger partial charge < -0.3 is 15.0 Å². The number of anilines is 1. The highest BCUT2D eigenvalue weighted by Gasteiger charge is 2.29. The third kappa shape index (κ3) is 4.55. The number of carbonyl (C=O) groups is 3. The Bertz CT molecular complexity index is 596. The van der Waals surface area contributed by atoms with Crippen LogP contribution in [0.15, 0.2) is 24.3 Å². The maximum absolute atomic E-state index is 12.0. The van der Waals surface area contributed by atoms with Gasteiger partial charge in [0.2, 0.25) is 11.8 Å². The molecule has 6 nitrogen and oxygen atoms in total. The zero-order valence-electron chi connectivity index (χ0n) is 13.5. The zero-order chi connectivity index (χ0) is 16.8. The maximum atomic E-state index is 12.0. The fourth-order valence-corrected chi connectivity index (χ4v) is 2.32. The van der Waals surface area contributed by atoms with Crippen LogP contribution in [0.25, 0.3) is 0 Å². The third-order valence-corrected chi connectivity index (χ3v) is 3.65. The first-order valence-corrected chi connectivity index (χ1v) is 7.86. The quantitative estimate of drug-likeness (QED) is 0.777. The number of ether oxygens (including phenoxy) is 1. The van der Waals surface area contributed by atoms with Gasteiger partial charge in [-0.1, -0.05) is 12.1 Å². The van der Waals surface area contributed by atoms with Crippen LogP contribution in [0, 0.1) is 5.92 Å². The molecule has 1 fully saturated rings. The van der Waals surface area contributed by atoms with Crippen molar-refractivity contribution in [2.24, 2.45) is 5.92 Å². The molecule has 2 rings (SSSR count). The van der Waals surface area contributed by atoms with E-state index in [9.17, 15) is 14.4 Å². The van der Waals surface area contributed by atoms with E-state index in [2.05, 4.69) is 5.32 Å². The van der Waals surface area contributed by atoms with Gasteiger partial charge in [-0.2, -0.15) is 0 Å². The van der Waals surface area contributed by atoms with Crippen molar-refractivity contribution in [2.45, 2.75) is 26.7 Å². The fourth-order valence-electron chi connectivity index (χ4n) is 2.32. The first-order valence-electron chi connectivity index (χ1n) is 7.86. The van der Waals surface area contributed by atoms with Gasteiger partial charge in [-0.25, -0.2) is 4.79 Å². The van der Waals surface area contributed by atoms with E-state index in [1.807, 2.05) is 0 Å². The van der Waals surface area contributed by atoms with Gasteiger partial charge in [-0.15, -0.1) is 0 Å². The average Bonchev–Trinajstić information content (AvgIpc) is 3.36. The molecule has 0 aromatic heterocycles. The molecule has 0 heterocycles. The normalized spacial score (nSPS) is 13.3. The van der Waals surface area contributed by atoms with Gasteiger partial charge >= 0.3 is 5.97 Å². The monoisotopic (exact) mass is 318 g/mol. The van der Waals surface area contributed by atoms with Crippen molar-refractivity contribution in [3.63, 3.8) is 0 Å². The third-order valence-electron chi connectivity index (χ3n) is 3.65. The Balaban J connectivity index is 2.08. The molecule has 1 aliphatic carbocycles. The second-order valence-electron chi connectivity index (χ2n) is 5.47. The Morgan fingerprint density at radius 3 is 2.57 bits per heavy atom. The number of rotatable bonds is 7. The van der Waals surface area contributed by atoms with E-state index in [-0.39, 0.29) is 24.3 Å². The van der Waals surface area contributed by atoms with Crippen LogP contribution in [0.3, 0.4) is 0 Å². The minimum absolute atomic E-state index is 0.0344. The van der Waals surface area contributed by atoms with Crippen LogP contribution in [-0.2, 0) is 14.3 Å². The summed E-state index contributed by atoms with van der Waals surface area (Å²) in [6.07, 6.45) is 1.88. The van der Waals surface area contributed by atoms with Crippen molar-refractivity contribution in [3.8, 4) is 0 Å². The topological polar surface area (TPSA) is 75.7 Å². The molecule has 1 saturated carbocycles. The summed E-state index contributed by atoms with van der Waals surface area (Å²) in [5, 5.41) is 2.82. The Labute approximate surface area is 135 Å². The molecular weight excluding hydrogens is 296 g/mol. The lowest BCUT2D eigenvalue weighted by atomic mass is 10.1. The Morgan fingerprint density at radius 2 is 1.96 bits per heavy atom. The molecule has 2 amide bonds. The summed E-state index contributed by atoms with van der Waals surface area (Å²) in [6.45, 7) is 4.10. The lowest BCUT2D eigenvalue weighted by Gasteiger charge is -2.23. The van der Waals surface area contributed by atoms with E-state index in [1.165, 1.54) is 11.8 Å². The van der Waals surface area contributed by atoms with Gasteiger partial charge in [-0.05, 0) is 31.9 Å². The second kappa shape index (κ2) is 7.76. The van der Waals surface area contributed by atoms with E-state index in [0.717, 1.165) is 12.8 Å². The molecule has 0 atom stereocenters. The Kier molecular flexibility index (Phi) is 5.73. The molecule has 0 aliphatic heterocycles. The molecule has 1 aromatic carbocycles. The van der Waals surface area contributed by atoms with Crippen LogP contribution >= 0.6 is 0 Å². The van der Waals surface area contributed by atoms with E-state index < -0.39 is 5.97 Å². The number of para-hydroxylation sites is 1. The van der Waals surface area contributed by atoms with Crippen molar-refractivity contribution in [1.29, 1.82) is 0 Å². The number of carbonyl (C=O) groups excluding carboxylic acids is 3. The highest BCUT2D eigenvalue weighted by atomic mass is 16.5. The SMILES string of the molecule is CCOC(=O)c1ccccc1N(CCNC(=O)C1CC1)C(C)=O. The minimum atomic E-state index is -0.462. The first-order chi connectivity index (χ1) is 11.0. The second-order valence-corrected chi connectivity index (χ2v) is 5.47. The summed E-state index contributed by atoms with van der Waals surface area (Å²) in [5.41, 5.74) is 0.845. The lowest BCUT2D eigenvalue weighted by Crippen LogP contribution is -2.38. The van der Waals surface area contributed by atoms with E-state index in [1.54, 1.807) is 31.2 Å². The summed E-state index contributed by atoms with van der Waals surface area (Å²) < 4.78 is 5.03. The molecule has 1 aromatic rings. The van der Waals surface area contributed by atoms with Gasteiger partial charge in [0.05, 0.1) is 17.9 Å². The van der Waals surface area contributed by atoms with Crippen LogP contribution in [0.4, 0.5) is 5.69 Å². The Hall–Kier alpha value is -2.37. The molecule has 0 saturated heterocycles. The van der Waals surface area contributed by atoms with Crippen molar-refractivity contribution < 1.29 is 19.1 Å². The molecule has 124 valence electrons. The van der Waals surface area contributed by atoms with Crippen LogP contribution in [0.1, 0.15) is 37.0 Å². The average molecular weight is 318 g/mol. The standard InChI is InChI=1S/C17H22N2O4/c1-3-23-17(22)14-6-4-5-7-15(14)19(12(2)20)11-10-18-16(21)13-8-9-13/h4-7,13H,3,8-11H2,1-2H3,(H,18,21). The van der Waals surface area contributed by atoms with Crippen molar-refractivity contribution in [2.75, 3.05) is 24.6 Å². The molecular formula is C17H22N2O4. The summed E-state index contributed by atoms with van der Waals surface area (Å²) >= 11 is 0. The largest absolute Gasteiger partial charge is 0.462 e. The molecule has 6 heteroatoms. The molecule has 0 unspecified atom stereocenters. The zero-order valence-corrected chi connectivity index (χ0v) is 13.5. The van der Waals surface area contributed by atoms with Crippen molar-refractivity contribution >= 4 is 23.5 Å².